The highest BCUT2D eigenvalue weighted by molar-refractivity contribution is 7.14. The van der Waals surface area contributed by atoms with Gasteiger partial charge >= 0.3 is 0 Å². The first kappa shape index (κ1) is 23.3. The third-order valence-electron chi connectivity index (χ3n) is 4.67. The lowest BCUT2D eigenvalue weighted by molar-refractivity contribution is -0.123. The van der Waals surface area contributed by atoms with Crippen molar-refractivity contribution in [1.29, 1.82) is 0 Å². The number of nitrogens with zero attached hydrogens (tertiary/aromatic N) is 1. The minimum atomic E-state index is -0.698. The lowest BCUT2D eigenvalue weighted by Gasteiger charge is -2.19. The molecule has 1 atom stereocenters. The van der Waals surface area contributed by atoms with E-state index in [0.717, 1.165) is 11.3 Å². The standard InChI is InChI=1S/C24H28N4O3S/c1-16(2)14-25-22(29)19(13-17-9-5-4-6-10-17)26-23(30)20-15-32-24(28-20)27-18-11-7-8-12-21(18)31-3/h4-12,15-16,19H,13-14H2,1-3H3,(H,25,29)(H,26,30)(H,27,28)/t19-/m1/s1. The van der Waals surface area contributed by atoms with E-state index in [1.54, 1.807) is 12.5 Å². The lowest BCUT2D eigenvalue weighted by Crippen LogP contribution is -2.48. The number of hydrogen-bond donors (Lipinski definition) is 3. The van der Waals surface area contributed by atoms with Crippen LogP contribution >= 0.6 is 11.3 Å². The molecule has 2 aromatic carbocycles. The predicted octanol–water partition coefficient (Wildman–Crippen LogP) is 4.01. The van der Waals surface area contributed by atoms with Crippen LogP contribution in [-0.2, 0) is 11.2 Å². The number of methoxy groups -OCH3 is 1. The molecule has 7 nitrogen and oxygen atoms in total. The van der Waals surface area contributed by atoms with Crippen LogP contribution in [0.1, 0.15) is 29.9 Å². The molecule has 0 unspecified atom stereocenters. The molecule has 1 heterocycles. The van der Waals surface area contributed by atoms with E-state index >= 15 is 0 Å². The summed E-state index contributed by atoms with van der Waals surface area (Å²) in [6.07, 6.45) is 0.396. The average molecular weight is 453 g/mol. The van der Waals surface area contributed by atoms with Crippen LogP contribution in [0.15, 0.2) is 60.0 Å². The zero-order valence-electron chi connectivity index (χ0n) is 18.4. The minimum absolute atomic E-state index is 0.210. The van der Waals surface area contributed by atoms with Gasteiger partial charge in [-0.1, -0.05) is 56.3 Å². The molecule has 0 saturated heterocycles. The molecule has 0 aliphatic rings. The van der Waals surface area contributed by atoms with E-state index in [0.29, 0.717) is 29.8 Å². The van der Waals surface area contributed by atoms with E-state index in [1.807, 2.05) is 68.4 Å². The molecule has 8 heteroatoms. The molecule has 0 spiro atoms. The summed E-state index contributed by atoms with van der Waals surface area (Å²) in [5.74, 6) is 0.390. The molecule has 0 aliphatic carbocycles. The fraction of sp³-hybridized carbons (Fsp3) is 0.292. The van der Waals surface area contributed by atoms with Gasteiger partial charge in [-0.15, -0.1) is 11.3 Å². The largest absolute Gasteiger partial charge is 0.495 e. The Morgan fingerprint density at radius 2 is 1.78 bits per heavy atom. The Hall–Kier alpha value is -3.39. The number of rotatable bonds is 10. The van der Waals surface area contributed by atoms with Gasteiger partial charge in [-0.05, 0) is 23.6 Å². The van der Waals surface area contributed by atoms with Gasteiger partial charge in [0, 0.05) is 18.3 Å². The molecular weight excluding hydrogens is 424 g/mol. The molecule has 0 bridgehead atoms. The molecule has 3 aromatic rings. The number of para-hydroxylation sites is 2. The maximum absolute atomic E-state index is 12.9. The quantitative estimate of drug-likeness (QED) is 0.432. The fourth-order valence-electron chi connectivity index (χ4n) is 3.02. The van der Waals surface area contributed by atoms with Gasteiger partial charge in [-0.2, -0.15) is 0 Å². The van der Waals surface area contributed by atoms with Gasteiger partial charge in [0.25, 0.3) is 5.91 Å². The van der Waals surface area contributed by atoms with Crippen LogP contribution in [0.2, 0.25) is 0 Å². The number of hydrogen-bond acceptors (Lipinski definition) is 6. The topological polar surface area (TPSA) is 92.3 Å². The van der Waals surface area contributed by atoms with Crippen molar-refractivity contribution < 1.29 is 14.3 Å². The third-order valence-corrected chi connectivity index (χ3v) is 5.43. The van der Waals surface area contributed by atoms with Crippen molar-refractivity contribution in [2.24, 2.45) is 5.92 Å². The Morgan fingerprint density at radius 1 is 1.06 bits per heavy atom. The Kier molecular flexibility index (Phi) is 8.21. The number of anilines is 2. The molecular formula is C24H28N4O3S. The number of aromatic nitrogens is 1. The average Bonchev–Trinajstić information content (AvgIpc) is 3.26. The number of carbonyl (C=O) groups excluding carboxylic acids is 2. The van der Waals surface area contributed by atoms with Crippen molar-refractivity contribution in [2.45, 2.75) is 26.3 Å². The second kappa shape index (κ2) is 11.3. The first-order valence-corrected chi connectivity index (χ1v) is 11.3. The number of nitrogens with one attached hydrogen (secondary N) is 3. The molecule has 3 rings (SSSR count). The summed E-state index contributed by atoms with van der Waals surface area (Å²) < 4.78 is 5.34. The second-order valence-electron chi connectivity index (χ2n) is 7.72. The SMILES string of the molecule is COc1ccccc1Nc1nc(C(=O)N[C@H](Cc2ccccc2)C(=O)NCC(C)C)cs1. The van der Waals surface area contributed by atoms with Crippen LogP contribution in [-0.4, -0.2) is 36.5 Å². The Labute approximate surface area is 192 Å². The van der Waals surface area contributed by atoms with E-state index in [-0.39, 0.29) is 11.6 Å². The first-order chi connectivity index (χ1) is 15.5. The highest BCUT2D eigenvalue weighted by Crippen LogP contribution is 2.28. The van der Waals surface area contributed by atoms with E-state index in [9.17, 15) is 9.59 Å². The van der Waals surface area contributed by atoms with Crippen molar-refractivity contribution in [3.8, 4) is 5.75 Å². The van der Waals surface area contributed by atoms with Gasteiger partial charge in [0.15, 0.2) is 5.13 Å². The molecule has 0 fully saturated rings. The molecule has 2 amide bonds. The molecule has 168 valence electrons. The summed E-state index contributed by atoms with van der Waals surface area (Å²) in [6.45, 7) is 4.59. The second-order valence-corrected chi connectivity index (χ2v) is 8.58. The number of thiazole rings is 1. The monoisotopic (exact) mass is 452 g/mol. The van der Waals surface area contributed by atoms with Gasteiger partial charge < -0.3 is 20.7 Å². The molecule has 0 aliphatic heterocycles. The van der Waals surface area contributed by atoms with Crippen LogP contribution in [0.25, 0.3) is 0 Å². The first-order valence-electron chi connectivity index (χ1n) is 10.4. The van der Waals surface area contributed by atoms with E-state index in [4.69, 9.17) is 4.74 Å². The lowest BCUT2D eigenvalue weighted by atomic mass is 10.0. The van der Waals surface area contributed by atoms with Crippen LogP contribution in [0.5, 0.6) is 5.75 Å². The van der Waals surface area contributed by atoms with Crippen molar-refractivity contribution in [2.75, 3.05) is 19.0 Å². The number of carbonyl (C=O) groups is 2. The molecule has 3 N–H and O–H groups in total. The molecule has 32 heavy (non-hydrogen) atoms. The van der Waals surface area contributed by atoms with Crippen LogP contribution in [0.3, 0.4) is 0 Å². The summed E-state index contributed by atoms with van der Waals surface area (Å²) in [5, 5.41) is 11.2. The normalized spacial score (nSPS) is 11.6. The van der Waals surface area contributed by atoms with E-state index in [1.165, 1.54) is 11.3 Å². The Bertz CT molecular complexity index is 1040. The summed E-state index contributed by atoms with van der Waals surface area (Å²) in [7, 11) is 1.60. The van der Waals surface area contributed by atoms with Crippen LogP contribution in [0.4, 0.5) is 10.8 Å². The maximum atomic E-state index is 12.9. The third kappa shape index (κ3) is 6.55. The van der Waals surface area contributed by atoms with E-state index in [2.05, 4.69) is 20.9 Å². The number of benzene rings is 2. The molecule has 1 aromatic heterocycles. The molecule has 0 radical (unpaired) electrons. The maximum Gasteiger partial charge on any atom is 0.271 e. The highest BCUT2D eigenvalue weighted by Gasteiger charge is 2.23. The van der Waals surface area contributed by atoms with Crippen molar-refractivity contribution >= 4 is 34.0 Å². The minimum Gasteiger partial charge on any atom is -0.495 e. The Balaban J connectivity index is 1.70. The van der Waals surface area contributed by atoms with Crippen LogP contribution < -0.4 is 20.7 Å². The number of ether oxygens (including phenoxy) is 1. The smallest absolute Gasteiger partial charge is 0.271 e. The fourth-order valence-corrected chi connectivity index (χ4v) is 3.72. The van der Waals surface area contributed by atoms with Gasteiger partial charge in [0.1, 0.15) is 17.5 Å². The summed E-state index contributed by atoms with van der Waals surface area (Å²) in [6, 6.07) is 16.4. The predicted molar refractivity (Wildman–Crippen MR) is 128 cm³/mol. The zero-order valence-corrected chi connectivity index (χ0v) is 19.2. The number of amides is 2. The van der Waals surface area contributed by atoms with Gasteiger partial charge in [0.2, 0.25) is 5.91 Å². The van der Waals surface area contributed by atoms with Gasteiger partial charge in [-0.3, -0.25) is 9.59 Å². The highest BCUT2D eigenvalue weighted by atomic mass is 32.1. The van der Waals surface area contributed by atoms with Gasteiger partial charge in [-0.25, -0.2) is 4.98 Å². The van der Waals surface area contributed by atoms with Crippen molar-refractivity contribution in [3.05, 3.63) is 71.2 Å². The van der Waals surface area contributed by atoms with E-state index < -0.39 is 11.9 Å². The Morgan fingerprint density at radius 3 is 2.50 bits per heavy atom. The van der Waals surface area contributed by atoms with Crippen molar-refractivity contribution in [3.63, 3.8) is 0 Å². The summed E-state index contributed by atoms with van der Waals surface area (Å²) in [4.78, 5) is 30.0. The van der Waals surface area contributed by atoms with Crippen LogP contribution in [0, 0.1) is 5.92 Å². The van der Waals surface area contributed by atoms with Crippen molar-refractivity contribution in [1.82, 2.24) is 15.6 Å². The summed E-state index contributed by atoms with van der Waals surface area (Å²) >= 11 is 1.31. The zero-order chi connectivity index (χ0) is 22.9. The van der Waals surface area contributed by atoms with Gasteiger partial charge in [0.05, 0.1) is 12.8 Å². The summed E-state index contributed by atoms with van der Waals surface area (Å²) in [5.41, 5.74) is 1.97. The molecule has 0 saturated carbocycles.